The van der Waals surface area contributed by atoms with Gasteiger partial charge in [0.1, 0.15) is 5.75 Å². The van der Waals surface area contributed by atoms with E-state index in [9.17, 15) is 0 Å². The van der Waals surface area contributed by atoms with Crippen molar-refractivity contribution in [2.24, 2.45) is 0 Å². The number of nitrogens with one attached hydrogen (secondary N) is 1. The van der Waals surface area contributed by atoms with Crippen LogP contribution in [0.4, 0.5) is 0 Å². The van der Waals surface area contributed by atoms with Gasteiger partial charge in [0.15, 0.2) is 4.73 Å². The number of hydrogen-bond donors (Lipinski definition) is 1. The highest BCUT2D eigenvalue weighted by molar-refractivity contribution is 9.10. The van der Waals surface area contributed by atoms with Gasteiger partial charge in [-0.1, -0.05) is 19.9 Å². The second-order valence-electron chi connectivity index (χ2n) is 4.20. The minimum atomic E-state index is 0.492. The molecule has 90 valence electrons. The van der Waals surface area contributed by atoms with E-state index < -0.39 is 0 Å². The van der Waals surface area contributed by atoms with E-state index in [1.54, 1.807) is 13.3 Å². The summed E-state index contributed by atoms with van der Waals surface area (Å²) in [5.41, 5.74) is 3.28. The fourth-order valence-corrected chi connectivity index (χ4v) is 2.04. The summed E-state index contributed by atoms with van der Waals surface area (Å²) < 4.78 is 6.11. The summed E-state index contributed by atoms with van der Waals surface area (Å²) in [7, 11) is 1.68. The van der Waals surface area contributed by atoms with E-state index in [4.69, 9.17) is 4.74 Å². The third-order valence-electron chi connectivity index (χ3n) is 2.73. The Balaban J connectivity index is 2.53. The molecule has 2 aromatic rings. The summed E-state index contributed by atoms with van der Waals surface area (Å²) in [4.78, 5) is 7.31. The van der Waals surface area contributed by atoms with Gasteiger partial charge < -0.3 is 9.72 Å². The van der Waals surface area contributed by atoms with Gasteiger partial charge in [0, 0.05) is 5.56 Å². The Morgan fingerprint density at radius 2 is 2.12 bits per heavy atom. The Morgan fingerprint density at radius 1 is 1.35 bits per heavy atom. The summed E-state index contributed by atoms with van der Waals surface area (Å²) in [6.07, 6.45) is 1.80. The van der Waals surface area contributed by atoms with Crippen molar-refractivity contribution in [1.29, 1.82) is 0 Å². The summed E-state index contributed by atoms with van der Waals surface area (Å²) >= 11 is 3.32. The summed E-state index contributed by atoms with van der Waals surface area (Å²) in [6.45, 7) is 4.35. The number of halogens is 1. The fraction of sp³-hybridized carbons (Fsp3) is 0.308. The van der Waals surface area contributed by atoms with Crippen LogP contribution in [0.25, 0.3) is 11.3 Å². The van der Waals surface area contributed by atoms with E-state index in [1.165, 1.54) is 5.56 Å². The Hall–Kier alpha value is -1.29. The molecule has 0 bridgehead atoms. The molecule has 0 unspecified atom stereocenters. The van der Waals surface area contributed by atoms with Gasteiger partial charge in [-0.2, -0.15) is 0 Å². The number of aromatic nitrogens is 2. The van der Waals surface area contributed by atoms with Crippen molar-refractivity contribution in [3.8, 4) is 17.0 Å². The predicted molar refractivity (Wildman–Crippen MR) is 72.4 cm³/mol. The maximum Gasteiger partial charge on any atom is 0.174 e. The smallest absolute Gasteiger partial charge is 0.174 e. The molecule has 0 radical (unpaired) electrons. The summed E-state index contributed by atoms with van der Waals surface area (Å²) in [5.74, 6) is 1.34. The predicted octanol–water partition coefficient (Wildman–Crippen LogP) is 3.97. The second-order valence-corrected chi connectivity index (χ2v) is 4.95. The van der Waals surface area contributed by atoms with Gasteiger partial charge in [-0.05, 0) is 39.5 Å². The third-order valence-corrected chi connectivity index (χ3v) is 3.13. The molecule has 0 amide bonds. The van der Waals surface area contributed by atoms with Crippen LogP contribution in [0.2, 0.25) is 0 Å². The molecule has 17 heavy (non-hydrogen) atoms. The minimum Gasteiger partial charge on any atom is -0.496 e. The number of aromatic amines is 1. The number of H-pyrrole nitrogens is 1. The summed E-state index contributed by atoms with van der Waals surface area (Å²) in [5, 5.41) is 0. The highest BCUT2D eigenvalue weighted by Crippen LogP contribution is 2.32. The molecule has 0 fully saturated rings. The molecule has 1 N–H and O–H groups in total. The quantitative estimate of drug-likeness (QED) is 0.930. The van der Waals surface area contributed by atoms with Crippen molar-refractivity contribution in [1.82, 2.24) is 9.97 Å². The van der Waals surface area contributed by atoms with Crippen molar-refractivity contribution in [2.45, 2.75) is 19.8 Å². The molecule has 0 spiro atoms. The Labute approximate surface area is 109 Å². The molecular formula is C13H15BrN2O. The molecule has 4 heteroatoms. The summed E-state index contributed by atoms with van der Waals surface area (Å²) in [6, 6.07) is 6.24. The lowest BCUT2D eigenvalue weighted by Gasteiger charge is -2.11. The molecule has 0 atom stereocenters. The number of methoxy groups -OCH3 is 1. The normalized spacial score (nSPS) is 10.9. The Kier molecular flexibility index (Phi) is 3.52. The van der Waals surface area contributed by atoms with Crippen LogP contribution in [0.5, 0.6) is 5.75 Å². The van der Waals surface area contributed by atoms with Crippen LogP contribution in [0.15, 0.2) is 29.1 Å². The zero-order valence-electron chi connectivity index (χ0n) is 10.1. The fourth-order valence-electron chi connectivity index (χ4n) is 1.73. The molecule has 0 aliphatic heterocycles. The number of nitrogens with zero attached hydrogens (tertiary/aromatic N) is 1. The number of imidazole rings is 1. The van der Waals surface area contributed by atoms with Crippen LogP contribution in [0.3, 0.4) is 0 Å². The number of rotatable bonds is 3. The van der Waals surface area contributed by atoms with E-state index in [-0.39, 0.29) is 0 Å². The second kappa shape index (κ2) is 4.92. The first kappa shape index (κ1) is 12.2. The maximum absolute atomic E-state index is 5.38. The zero-order valence-corrected chi connectivity index (χ0v) is 11.7. The van der Waals surface area contributed by atoms with Gasteiger partial charge in [0.2, 0.25) is 0 Å². The first-order chi connectivity index (χ1) is 8.11. The molecular weight excluding hydrogens is 280 g/mol. The minimum absolute atomic E-state index is 0.492. The lowest BCUT2D eigenvalue weighted by Crippen LogP contribution is -1.92. The molecule has 3 nitrogen and oxygen atoms in total. The first-order valence-corrected chi connectivity index (χ1v) is 6.30. The van der Waals surface area contributed by atoms with Gasteiger partial charge in [-0.3, -0.25) is 0 Å². The number of ether oxygens (including phenoxy) is 1. The van der Waals surface area contributed by atoms with E-state index in [0.29, 0.717) is 5.92 Å². The number of hydrogen-bond acceptors (Lipinski definition) is 2. The molecule has 1 aromatic heterocycles. The van der Waals surface area contributed by atoms with Crippen LogP contribution in [0.1, 0.15) is 25.3 Å². The van der Waals surface area contributed by atoms with Crippen molar-refractivity contribution in [3.05, 3.63) is 34.7 Å². The average Bonchev–Trinajstić information content (AvgIpc) is 2.74. The van der Waals surface area contributed by atoms with Gasteiger partial charge in [0.05, 0.1) is 19.0 Å². The first-order valence-electron chi connectivity index (χ1n) is 5.50. The molecule has 0 saturated heterocycles. The van der Waals surface area contributed by atoms with E-state index >= 15 is 0 Å². The molecule has 1 aromatic carbocycles. The topological polar surface area (TPSA) is 37.9 Å². The van der Waals surface area contributed by atoms with E-state index in [0.717, 1.165) is 21.7 Å². The Morgan fingerprint density at radius 3 is 2.65 bits per heavy atom. The maximum atomic E-state index is 5.38. The number of benzene rings is 1. The van der Waals surface area contributed by atoms with Crippen LogP contribution >= 0.6 is 15.9 Å². The third kappa shape index (κ3) is 2.52. The van der Waals surface area contributed by atoms with Crippen LogP contribution in [-0.2, 0) is 0 Å². The molecule has 0 aliphatic carbocycles. The monoisotopic (exact) mass is 294 g/mol. The molecule has 0 saturated carbocycles. The van der Waals surface area contributed by atoms with Gasteiger partial charge in [-0.25, -0.2) is 4.98 Å². The van der Waals surface area contributed by atoms with Crippen molar-refractivity contribution in [2.75, 3.05) is 7.11 Å². The molecule has 2 rings (SSSR count). The molecule has 0 aliphatic rings. The highest BCUT2D eigenvalue weighted by atomic mass is 79.9. The van der Waals surface area contributed by atoms with Crippen molar-refractivity contribution in [3.63, 3.8) is 0 Å². The average molecular weight is 295 g/mol. The van der Waals surface area contributed by atoms with E-state index in [2.05, 4.69) is 51.9 Å². The largest absolute Gasteiger partial charge is 0.496 e. The zero-order chi connectivity index (χ0) is 12.4. The van der Waals surface area contributed by atoms with Crippen LogP contribution < -0.4 is 4.74 Å². The van der Waals surface area contributed by atoms with Crippen molar-refractivity contribution < 1.29 is 4.74 Å². The van der Waals surface area contributed by atoms with E-state index in [1.807, 2.05) is 6.07 Å². The SMILES string of the molecule is COc1ccc(C(C)C)cc1-c1cnc(Br)[nH]1. The highest BCUT2D eigenvalue weighted by Gasteiger charge is 2.10. The van der Waals surface area contributed by atoms with Gasteiger partial charge in [0.25, 0.3) is 0 Å². The van der Waals surface area contributed by atoms with Gasteiger partial charge >= 0.3 is 0 Å². The lowest BCUT2D eigenvalue weighted by molar-refractivity contribution is 0.416. The van der Waals surface area contributed by atoms with Gasteiger partial charge in [-0.15, -0.1) is 0 Å². The van der Waals surface area contributed by atoms with Crippen LogP contribution in [0, 0.1) is 0 Å². The Bertz CT molecular complexity index is 520. The molecule has 1 heterocycles. The van der Waals surface area contributed by atoms with Crippen molar-refractivity contribution >= 4 is 15.9 Å². The van der Waals surface area contributed by atoms with Crippen LogP contribution in [-0.4, -0.2) is 17.1 Å². The standard InChI is InChI=1S/C13H15BrN2O/c1-8(2)9-4-5-12(17-3)10(6-9)11-7-15-13(14)16-11/h4-8H,1-3H3,(H,15,16). The lowest BCUT2D eigenvalue weighted by atomic mass is 9.99.